The van der Waals surface area contributed by atoms with E-state index in [2.05, 4.69) is 17.3 Å². The molecule has 0 aromatic rings. The average Bonchev–Trinajstić information content (AvgIpc) is 2.45. The molecule has 1 aliphatic rings. The van der Waals surface area contributed by atoms with Crippen LogP contribution in [0.3, 0.4) is 0 Å². The molecule has 0 atom stereocenters. The summed E-state index contributed by atoms with van der Waals surface area (Å²) in [4.78, 5) is 5.35. The normalized spacial score (nSPS) is 19.3. The second-order valence-corrected chi connectivity index (χ2v) is 4.68. The van der Waals surface area contributed by atoms with Crippen LogP contribution in [-0.4, -0.2) is 54.0 Å². The van der Waals surface area contributed by atoms with Crippen LogP contribution in [0.4, 0.5) is 0 Å². The molecule has 0 saturated carbocycles. The zero-order valence-electron chi connectivity index (χ0n) is 9.65. The van der Waals surface area contributed by atoms with E-state index >= 15 is 0 Å². The maximum atomic E-state index is 10.6. The first-order valence-electron chi connectivity index (χ1n) is 5.29. The van der Waals surface area contributed by atoms with Crippen molar-refractivity contribution in [1.29, 1.82) is 0 Å². The minimum absolute atomic E-state index is 0.165. The van der Waals surface area contributed by atoms with E-state index in [1.807, 2.05) is 0 Å². The standard InChI is InChI=1S/C9H12N3O3P3/c13-16-7-10-1-2-11(8-17-14)5-6-12(4-3-10)9-18-15/h1-6H2. The van der Waals surface area contributed by atoms with Crippen molar-refractivity contribution in [3.8, 4) is 17.3 Å². The summed E-state index contributed by atoms with van der Waals surface area (Å²) < 4.78 is 31.7. The van der Waals surface area contributed by atoms with Crippen LogP contribution in [0.2, 0.25) is 0 Å². The molecule has 6 nitrogen and oxygen atoms in total. The Labute approximate surface area is 109 Å². The van der Waals surface area contributed by atoms with E-state index in [1.165, 1.54) is 0 Å². The number of hydrogen-bond acceptors (Lipinski definition) is 6. The Bertz CT molecular complexity index is 481. The van der Waals surface area contributed by atoms with Crippen LogP contribution < -0.4 is 0 Å². The van der Waals surface area contributed by atoms with Gasteiger partial charge in [-0.15, -0.1) is 0 Å². The van der Waals surface area contributed by atoms with Crippen LogP contribution in [-0.2, 0) is 13.7 Å². The van der Waals surface area contributed by atoms with E-state index in [4.69, 9.17) is 0 Å². The molecule has 0 bridgehead atoms. The Morgan fingerprint density at radius 3 is 0.944 bits per heavy atom. The fourth-order valence-electron chi connectivity index (χ4n) is 1.53. The fraction of sp³-hybridized carbons (Fsp3) is 0.667. The third kappa shape index (κ3) is 6.19. The summed E-state index contributed by atoms with van der Waals surface area (Å²) in [6.45, 7) is 3.75. The van der Waals surface area contributed by atoms with Crippen LogP contribution in [0, 0.1) is 17.3 Å². The molecule has 0 N–H and O–H groups in total. The molecule has 9 heteroatoms. The number of hydrogen-bond donors (Lipinski definition) is 0. The van der Waals surface area contributed by atoms with Gasteiger partial charge in [-0.1, -0.05) is 0 Å². The van der Waals surface area contributed by atoms with Crippen LogP contribution >= 0.6 is 23.7 Å². The molecule has 0 unspecified atom stereocenters. The predicted molar refractivity (Wildman–Crippen MR) is 69.2 cm³/mol. The molecule has 0 aromatic carbocycles. The van der Waals surface area contributed by atoms with E-state index in [1.54, 1.807) is 14.7 Å². The molecular weight excluding hydrogens is 291 g/mol. The molecule has 0 aromatic heterocycles. The Morgan fingerprint density at radius 1 is 0.556 bits per heavy atom. The van der Waals surface area contributed by atoms with Gasteiger partial charge in [0.1, 0.15) is 0 Å². The van der Waals surface area contributed by atoms with Crippen molar-refractivity contribution in [1.82, 2.24) is 14.7 Å². The Kier molecular flexibility index (Phi) is 8.68. The molecule has 1 fully saturated rings. The molecule has 0 aliphatic carbocycles. The van der Waals surface area contributed by atoms with Crippen molar-refractivity contribution in [2.45, 2.75) is 0 Å². The van der Waals surface area contributed by atoms with Crippen molar-refractivity contribution in [3.05, 3.63) is 0 Å². The summed E-state index contributed by atoms with van der Waals surface area (Å²) in [6, 6.07) is 0. The zero-order valence-corrected chi connectivity index (χ0v) is 12.3. The molecule has 1 heterocycles. The van der Waals surface area contributed by atoms with Gasteiger partial charge in [0.15, 0.2) is 0 Å². The third-order valence-electron chi connectivity index (χ3n) is 2.47. The van der Waals surface area contributed by atoms with Gasteiger partial charge in [-0.2, -0.15) is 0 Å². The second-order valence-electron chi connectivity index (χ2n) is 3.54. The van der Waals surface area contributed by atoms with Crippen LogP contribution in [0.5, 0.6) is 0 Å². The molecule has 0 amide bonds. The molecule has 1 rings (SSSR count). The molecule has 1 aliphatic heterocycles. The van der Waals surface area contributed by atoms with Gasteiger partial charge in [-0.25, -0.2) is 0 Å². The second kappa shape index (κ2) is 9.79. The first-order valence-corrected chi connectivity index (χ1v) is 7.72. The molecule has 96 valence electrons. The van der Waals surface area contributed by atoms with E-state index in [-0.39, 0.29) is 23.7 Å². The maximum absolute atomic E-state index is 10.6. The van der Waals surface area contributed by atoms with Gasteiger partial charge in [-0.3, -0.25) is 0 Å². The molecule has 0 radical (unpaired) electrons. The van der Waals surface area contributed by atoms with Crippen molar-refractivity contribution in [2.24, 2.45) is 0 Å². The van der Waals surface area contributed by atoms with E-state index in [9.17, 15) is 13.7 Å². The van der Waals surface area contributed by atoms with Crippen molar-refractivity contribution < 1.29 is 13.7 Å². The van der Waals surface area contributed by atoms with Crippen LogP contribution in [0.15, 0.2) is 0 Å². The SMILES string of the molecule is O=P#CN1CCN(C#P=O)CCN(C#P=O)CC1. The van der Waals surface area contributed by atoms with Crippen molar-refractivity contribution >= 4 is 23.7 Å². The van der Waals surface area contributed by atoms with Crippen LogP contribution in [0.25, 0.3) is 0 Å². The van der Waals surface area contributed by atoms with Crippen LogP contribution in [0.1, 0.15) is 0 Å². The fourth-order valence-corrected chi connectivity index (χ4v) is 2.48. The summed E-state index contributed by atoms with van der Waals surface area (Å²) in [6.07, 6.45) is 0. The summed E-state index contributed by atoms with van der Waals surface area (Å²) in [5.74, 6) is 8.06. The molecule has 18 heavy (non-hydrogen) atoms. The average molecular weight is 303 g/mol. The Hall–Kier alpha value is -0.0900. The Balaban J connectivity index is 2.82. The number of rotatable bonds is 0. The first kappa shape index (κ1) is 16.0. The predicted octanol–water partition coefficient (Wildman–Crippen LogP) is 1.53. The Morgan fingerprint density at radius 2 is 0.778 bits per heavy atom. The van der Waals surface area contributed by atoms with Gasteiger partial charge in [0, 0.05) is 0 Å². The van der Waals surface area contributed by atoms with E-state index < -0.39 is 0 Å². The third-order valence-corrected chi connectivity index (χ3v) is 3.56. The topological polar surface area (TPSA) is 60.9 Å². The van der Waals surface area contributed by atoms with Gasteiger partial charge >= 0.3 is 109 Å². The van der Waals surface area contributed by atoms with Gasteiger partial charge < -0.3 is 0 Å². The van der Waals surface area contributed by atoms with E-state index in [0.717, 1.165) is 0 Å². The molecular formula is C9H12N3O3P3. The van der Waals surface area contributed by atoms with Gasteiger partial charge in [-0.05, 0) is 0 Å². The molecule has 1 saturated heterocycles. The van der Waals surface area contributed by atoms with Crippen molar-refractivity contribution in [3.63, 3.8) is 0 Å². The van der Waals surface area contributed by atoms with Gasteiger partial charge in [0.25, 0.3) is 0 Å². The summed E-state index contributed by atoms with van der Waals surface area (Å²) in [5.41, 5.74) is 0. The summed E-state index contributed by atoms with van der Waals surface area (Å²) in [7, 11) is -0.496. The number of nitrogens with zero attached hydrogens (tertiary/aromatic N) is 3. The molecule has 0 spiro atoms. The first-order chi connectivity index (χ1) is 8.80. The minimum atomic E-state index is -0.165. The monoisotopic (exact) mass is 303 g/mol. The van der Waals surface area contributed by atoms with Gasteiger partial charge in [0.05, 0.1) is 0 Å². The quantitative estimate of drug-likeness (QED) is 0.633. The summed E-state index contributed by atoms with van der Waals surface area (Å²) >= 11 is 0. The van der Waals surface area contributed by atoms with Gasteiger partial charge in [0.2, 0.25) is 0 Å². The zero-order chi connectivity index (χ0) is 13.2. The van der Waals surface area contributed by atoms with Crippen molar-refractivity contribution in [2.75, 3.05) is 39.3 Å². The summed E-state index contributed by atoms with van der Waals surface area (Å²) in [5, 5.41) is 0. The van der Waals surface area contributed by atoms with E-state index in [0.29, 0.717) is 39.3 Å².